The van der Waals surface area contributed by atoms with Crippen molar-refractivity contribution >= 4 is 27.7 Å². The van der Waals surface area contributed by atoms with Crippen molar-refractivity contribution in [3.05, 3.63) is 58.1 Å². The zero-order valence-corrected chi connectivity index (χ0v) is 13.6. The summed E-state index contributed by atoms with van der Waals surface area (Å²) in [6, 6.07) is 15.2. The molecule has 0 radical (unpaired) electrons. The van der Waals surface area contributed by atoms with Crippen LogP contribution in [0, 0.1) is 6.92 Å². The van der Waals surface area contributed by atoms with Crippen LogP contribution in [0.1, 0.15) is 18.1 Å². The molecule has 2 N–H and O–H groups in total. The number of hydrogen-bond donors (Lipinski definition) is 1. The van der Waals surface area contributed by atoms with Crippen molar-refractivity contribution in [2.75, 3.05) is 0 Å². The maximum Gasteiger partial charge on any atom is 0.0176 e. The van der Waals surface area contributed by atoms with Crippen LogP contribution in [0.5, 0.6) is 0 Å². The third kappa shape index (κ3) is 4.37. The van der Waals surface area contributed by atoms with Crippen molar-refractivity contribution in [1.82, 2.24) is 0 Å². The van der Waals surface area contributed by atoms with Gasteiger partial charge in [-0.1, -0.05) is 33.8 Å². The molecule has 0 bridgehead atoms. The molecule has 0 saturated carbocycles. The monoisotopic (exact) mass is 335 g/mol. The second kappa shape index (κ2) is 6.60. The number of aryl methyl sites for hydroxylation is 1. The van der Waals surface area contributed by atoms with E-state index in [1.807, 2.05) is 6.92 Å². The first kappa shape index (κ1) is 14.6. The van der Waals surface area contributed by atoms with Crippen LogP contribution in [0.3, 0.4) is 0 Å². The summed E-state index contributed by atoms with van der Waals surface area (Å²) in [6.07, 6.45) is 0.940. The molecule has 0 aliphatic carbocycles. The van der Waals surface area contributed by atoms with E-state index in [1.165, 1.54) is 20.9 Å². The van der Waals surface area contributed by atoms with Gasteiger partial charge in [0.25, 0.3) is 0 Å². The molecule has 0 aliphatic rings. The van der Waals surface area contributed by atoms with Crippen LogP contribution in [0.4, 0.5) is 0 Å². The quantitative estimate of drug-likeness (QED) is 0.868. The van der Waals surface area contributed by atoms with Gasteiger partial charge in [0, 0.05) is 20.3 Å². The van der Waals surface area contributed by atoms with E-state index in [0.29, 0.717) is 0 Å². The summed E-state index contributed by atoms with van der Waals surface area (Å²) < 4.78 is 1.11. The zero-order chi connectivity index (χ0) is 13.8. The van der Waals surface area contributed by atoms with Gasteiger partial charge >= 0.3 is 0 Å². The Kier molecular flexibility index (Phi) is 5.08. The number of halogens is 1. The minimum Gasteiger partial charge on any atom is -0.328 e. The Morgan fingerprint density at radius 3 is 2.32 bits per heavy atom. The molecule has 0 fully saturated rings. The second-order valence-corrected chi connectivity index (χ2v) is 6.89. The van der Waals surface area contributed by atoms with Crippen LogP contribution in [-0.4, -0.2) is 6.04 Å². The summed E-state index contributed by atoms with van der Waals surface area (Å²) in [5.41, 5.74) is 8.52. The molecule has 2 aromatic carbocycles. The lowest BCUT2D eigenvalue weighted by Crippen LogP contribution is -2.18. The van der Waals surface area contributed by atoms with Gasteiger partial charge in [-0.05, 0) is 67.8 Å². The lowest BCUT2D eigenvalue weighted by Gasteiger charge is -2.10. The van der Waals surface area contributed by atoms with E-state index in [2.05, 4.69) is 65.3 Å². The van der Waals surface area contributed by atoms with Crippen molar-refractivity contribution in [2.24, 2.45) is 5.73 Å². The Balaban J connectivity index is 2.13. The number of hydrogen-bond acceptors (Lipinski definition) is 2. The first-order chi connectivity index (χ1) is 9.04. The summed E-state index contributed by atoms with van der Waals surface area (Å²) in [7, 11) is 0. The van der Waals surface area contributed by atoms with Gasteiger partial charge in [0.15, 0.2) is 0 Å². The standard InChI is InChI=1S/C16H18BrNS/c1-11-9-16(6-3-13(11)10-12(2)18)19-15-7-4-14(17)5-8-15/h3-9,12H,10,18H2,1-2H3. The van der Waals surface area contributed by atoms with Crippen LogP contribution in [0.15, 0.2) is 56.7 Å². The van der Waals surface area contributed by atoms with E-state index >= 15 is 0 Å². The summed E-state index contributed by atoms with van der Waals surface area (Å²) in [4.78, 5) is 2.52. The molecule has 1 atom stereocenters. The second-order valence-electron chi connectivity index (χ2n) is 4.83. The topological polar surface area (TPSA) is 26.0 Å². The molecule has 0 spiro atoms. The first-order valence-electron chi connectivity index (χ1n) is 6.33. The average Bonchev–Trinajstić information content (AvgIpc) is 2.35. The highest BCUT2D eigenvalue weighted by atomic mass is 79.9. The molecule has 3 heteroatoms. The lowest BCUT2D eigenvalue weighted by atomic mass is 10.0. The SMILES string of the molecule is Cc1cc(Sc2ccc(Br)cc2)ccc1CC(C)N. The van der Waals surface area contributed by atoms with Gasteiger partial charge in [0.1, 0.15) is 0 Å². The number of rotatable bonds is 4. The van der Waals surface area contributed by atoms with Crippen molar-refractivity contribution in [3.8, 4) is 0 Å². The maximum atomic E-state index is 5.86. The highest BCUT2D eigenvalue weighted by molar-refractivity contribution is 9.10. The minimum absolute atomic E-state index is 0.212. The Bertz CT molecular complexity index is 549. The predicted molar refractivity (Wildman–Crippen MR) is 86.8 cm³/mol. The molecular weight excluding hydrogens is 318 g/mol. The third-order valence-corrected chi connectivity index (χ3v) is 4.43. The summed E-state index contributed by atoms with van der Waals surface area (Å²) in [6.45, 7) is 4.20. The van der Waals surface area contributed by atoms with Gasteiger partial charge in [-0.25, -0.2) is 0 Å². The van der Waals surface area contributed by atoms with Crippen LogP contribution < -0.4 is 5.73 Å². The van der Waals surface area contributed by atoms with Crippen molar-refractivity contribution in [2.45, 2.75) is 36.1 Å². The van der Waals surface area contributed by atoms with Crippen molar-refractivity contribution in [1.29, 1.82) is 0 Å². The molecule has 0 heterocycles. The van der Waals surface area contributed by atoms with Gasteiger partial charge in [-0.3, -0.25) is 0 Å². The highest BCUT2D eigenvalue weighted by Gasteiger charge is 2.04. The summed E-state index contributed by atoms with van der Waals surface area (Å²) >= 11 is 5.24. The van der Waals surface area contributed by atoms with Crippen molar-refractivity contribution < 1.29 is 0 Å². The molecule has 2 rings (SSSR count). The van der Waals surface area contributed by atoms with Gasteiger partial charge in [-0.15, -0.1) is 0 Å². The molecule has 0 saturated heterocycles. The Hall–Kier alpha value is -0.770. The molecule has 19 heavy (non-hydrogen) atoms. The van der Waals surface area contributed by atoms with E-state index in [9.17, 15) is 0 Å². The number of nitrogens with two attached hydrogens (primary N) is 1. The number of benzene rings is 2. The average molecular weight is 336 g/mol. The van der Waals surface area contributed by atoms with Crippen molar-refractivity contribution in [3.63, 3.8) is 0 Å². The zero-order valence-electron chi connectivity index (χ0n) is 11.2. The summed E-state index contributed by atoms with van der Waals surface area (Å²) in [5, 5.41) is 0. The predicted octanol–water partition coefficient (Wildman–Crippen LogP) is 4.80. The smallest absolute Gasteiger partial charge is 0.0176 e. The molecular formula is C16H18BrNS. The van der Waals surface area contributed by atoms with Gasteiger partial charge < -0.3 is 5.73 Å². The largest absolute Gasteiger partial charge is 0.328 e. The van der Waals surface area contributed by atoms with Crippen LogP contribution >= 0.6 is 27.7 Å². The Morgan fingerprint density at radius 1 is 1.11 bits per heavy atom. The van der Waals surface area contributed by atoms with E-state index in [4.69, 9.17) is 5.73 Å². The fourth-order valence-corrected chi connectivity index (χ4v) is 3.13. The fraction of sp³-hybridized carbons (Fsp3) is 0.250. The maximum absolute atomic E-state index is 5.86. The fourth-order valence-electron chi connectivity index (χ4n) is 1.95. The Labute approximate surface area is 127 Å². The molecule has 0 amide bonds. The van der Waals surface area contributed by atoms with E-state index in [0.717, 1.165) is 10.9 Å². The van der Waals surface area contributed by atoms with Gasteiger partial charge in [0.2, 0.25) is 0 Å². The molecule has 2 aromatic rings. The van der Waals surface area contributed by atoms with Crippen LogP contribution in [-0.2, 0) is 6.42 Å². The Morgan fingerprint density at radius 2 is 1.74 bits per heavy atom. The highest BCUT2D eigenvalue weighted by Crippen LogP contribution is 2.30. The van der Waals surface area contributed by atoms with Gasteiger partial charge in [-0.2, -0.15) is 0 Å². The molecule has 1 unspecified atom stereocenters. The summed E-state index contributed by atoms with van der Waals surface area (Å²) in [5.74, 6) is 0. The molecule has 1 nitrogen and oxygen atoms in total. The van der Waals surface area contributed by atoms with Gasteiger partial charge in [0.05, 0.1) is 0 Å². The molecule has 0 aliphatic heterocycles. The third-order valence-electron chi connectivity index (χ3n) is 2.91. The van der Waals surface area contributed by atoms with E-state index < -0.39 is 0 Å². The van der Waals surface area contributed by atoms with E-state index in [1.54, 1.807) is 11.8 Å². The van der Waals surface area contributed by atoms with Crippen LogP contribution in [0.2, 0.25) is 0 Å². The minimum atomic E-state index is 0.212. The molecule has 0 aromatic heterocycles. The molecule has 100 valence electrons. The van der Waals surface area contributed by atoms with Crippen LogP contribution in [0.25, 0.3) is 0 Å². The van der Waals surface area contributed by atoms with E-state index in [-0.39, 0.29) is 6.04 Å². The first-order valence-corrected chi connectivity index (χ1v) is 7.94. The lowest BCUT2D eigenvalue weighted by molar-refractivity contribution is 0.734. The normalized spacial score (nSPS) is 12.4.